The van der Waals surface area contributed by atoms with Gasteiger partial charge in [0.05, 0.1) is 22.8 Å². The Morgan fingerprint density at radius 1 is 1.12 bits per heavy atom. The minimum Gasteiger partial charge on any atom is -0.323 e. The number of carbonyl (C=O) groups excluding carboxylic acids is 1. The first kappa shape index (κ1) is 18.2. The quantitative estimate of drug-likeness (QED) is 0.688. The van der Waals surface area contributed by atoms with Gasteiger partial charge in [0.1, 0.15) is 0 Å². The number of halogens is 1. The van der Waals surface area contributed by atoms with Crippen LogP contribution in [0.2, 0.25) is 5.02 Å². The monoisotopic (exact) mass is 367 g/mol. The number of carbonyl (C=O) groups is 1. The van der Waals surface area contributed by atoms with Gasteiger partial charge in [0, 0.05) is 11.4 Å². The van der Waals surface area contributed by atoms with Crippen molar-refractivity contribution < 1.29 is 4.79 Å². The van der Waals surface area contributed by atoms with Gasteiger partial charge in [-0.05, 0) is 56.5 Å². The number of anilines is 1. The molecule has 3 aromatic rings. The lowest BCUT2D eigenvalue weighted by Gasteiger charge is -2.08. The zero-order valence-electron chi connectivity index (χ0n) is 15.2. The lowest BCUT2D eigenvalue weighted by atomic mass is 10.1. The van der Waals surface area contributed by atoms with E-state index in [0.29, 0.717) is 12.8 Å². The largest absolute Gasteiger partial charge is 0.323 e. The number of benzene rings is 2. The first-order valence-electron chi connectivity index (χ1n) is 8.62. The average Bonchev–Trinajstić information content (AvgIpc) is 2.91. The van der Waals surface area contributed by atoms with Gasteiger partial charge in [-0.1, -0.05) is 41.9 Å². The van der Waals surface area contributed by atoms with Crippen LogP contribution in [-0.2, 0) is 11.2 Å². The van der Waals surface area contributed by atoms with Gasteiger partial charge in [0.2, 0.25) is 5.91 Å². The summed E-state index contributed by atoms with van der Waals surface area (Å²) in [5.74, 6) is -0.0273. The first-order chi connectivity index (χ1) is 12.5. The summed E-state index contributed by atoms with van der Waals surface area (Å²) in [4.78, 5) is 12.4. The summed E-state index contributed by atoms with van der Waals surface area (Å²) in [6.45, 7) is 5.83. The predicted octanol–water partition coefficient (Wildman–Crippen LogP) is 5.02. The molecule has 5 heteroatoms. The molecule has 1 amide bonds. The molecule has 3 rings (SSSR count). The van der Waals surface area contributed by atoms with Crippen molar-refractivity contribution in [2.75, 3.05) is 5.32 Å². The van der Waals surface area contributed by atoms with E-state index in [9.17, 15) is 4.79 Å². The van der Waals surface area contributed by atoms with E-state index in [0.717, 1.165) is 38.9 Å². The Balaban J connectivity index is 1.69. The van der Waals surface area contributed by atoms with E-state index in [1.807, 2.05) is 74.0 Å². The molecule has 134 valence electrons. The Hall–Kier alpha value is -2.59. The molecule has 0 radical (unpaired) electrons. The number of nitrogens with one attached hydrogen (secondary N) is 1. The minimum absolute atomic E-state index is 0.0273. The highest BCUT2D eigenvalue weighted by Gasteiger charge is 2.15. The second kappa shape index (κ2) is 7.75. The minimum atomic E-state index is -0.0273. The van der Waals surface area contributed by atoms with E-state index in [1.165, 1.54) is 0 Å². The second-order valence-corrected chi connectivity index (χ2v) is 6.83. The second-order valence-electron chi connectivity index (χ2n) is 6.42. The normalized spacial score (nSPS) is 10.8. The van der Waals surface area contributed by atoms with E-state index >= 15 is 0 Å². The molecule has 0 bridgehead atoms. The van der Waals surface area contributed by atoms with Crippen molar-refractivity contribution in [3.8, 4) is 5.69 Å². The number of hydrogen-bond donors (Lipinski definition) is 1. The van der Waals surface area contributed by atoms with Gasteiger partial charge in [-0.3, -0.25) is 4.79 Å². The summed E-state index contributed by atoms with van der Waals surface area (Å²) in [7, 11) is 0. The maximum atomic E-state index is 12.4. The fraction of sp³-hybridized carbons (Fsp3) is 0.238. The predicted molar refractivity (Wildman–Crippen MR) is 106 cm³/mol. The zero-order valence-corrected chi connectivity index (χ0v) is 16.0. The summed E-state index contributed by atoms with van der Waals surface area (Å²) >= 11 is 6.15. The third-order valence-corrected chi connectivity index (χ3v) is 4.84. The molecule has 0 atom stereocenters. The molecule has 0 aliphatic heterocycles. The maximum absolute atomic E-state index is 12.4. The number of para-hydroxylation sites is 1. The number of aromatic nitrogens is 2. The molecule has 0 fully saturated rings. The average molecular weight is 368 g/mol. The molecule has 0 aliphatic rings. The van der Waals surface area contributed by atoms with Gasteiger partial charge in [-0.15, -0.1) is 0 Å². The Morgan fingerprint density at radius 3 is 2.54 bits per heavy atom. The topological polar surface area (TPSA) is 46.9 Å². The SMILES string of the molecule is Cc1ccc(CCC(=O)Nc2c(C)nn(-c3ccccc3)c2C)cc1Cl. The highest BCUT2D eigenvalue weighted by Crippen LogP contribution is 2.23. The van der Waals surface area contributed by atoms with E-state index in [-0.39, 0.29) is 5.91 Å². The number of nitrogens with zero attached hydrogens (tertiary/aromatic N) is 2. The van der Waals surface area contributed by atoms with Crippen molar-refractivity contribution in [3.05, 3.63) is 76.1 Å². The summed E-state index contributed by atoms with van der Waals surface area (Å²) in [6, 6.07) is 15.8. The molecule has 1 heterocycles. The summed E-state index contributed by atoms with van der Waals surface area (Å²) in [5, 5.41) is 8.30. The van der Waals surface area contributed by atoms with Gasteiger partial charge >= 0.3 is 0 Å². The number of rotatable bonds is 5. The molecule has 0 saturated heterocycles. The standard InChI is InChI=1S/C21H22ClN3O/c1-14-9-10-17(13-19(14)22)11-12-20(26)23-21-15(2)24-25(16(21)3)18-7-5-4-6-8-18/h4-10,13H,11-12H2,1-3H3,(H,23,26). The summed E-state index contributed by atoms with van der Waals surface area (Å²) in [6.07, 6.45) is 1.05. The molecule has 0 aliphatic carbocycles. The molecule has 4 nitrogen and oxygen atoms in total. The van der Waals surface area contributed by atoms with Crippen LogP contribution >= 0.6 is 11.6 Å². The van der Waals surface area contributed by atoms with Gasteiger partial charge in [-0.2, -0.15) is 5.10 Å². The third kappa shape index (κ3) is 3.97. The van der Waals surface area contributed by atoms with Crippen molar-refractivity contribution in [3.63, 3.8) is 0 Å². The highest BCUT2D eigenvalue weighted by atomic mass is 35.5. The number of aryl methyl sites for hydroxylation is 3. The molecular formula is C21H22ClN3O. The molecule has 26 heavy (non-hydrogen) atoms. The van der Waals surface area contributed by atoms with Crippen molar-refractivity contribution in [2.45, 2.75) is 33.6 Å². The van der Waals surface area contributed by atoms with Crippen LogP contribution in [0.4, 0.5) is 5.69 Å². The van der Waals surface area contributed by atoms with Gasteiger partial charge in [-0.25, -0.2) is 4.68 Å². The molecule has 0 spiro atoms. The van der Waals surface area contributed by atoms with E-state index in [4.69, 9.17) is 11.6 Å². The lowest BCUT2D eigenvalue weighted by Crippen LogP contribution is -2.13. The smallest absolute Gasteiger partial charge is 0.224 e. The third-order valence-electron chi connectivity index (χ3n) is 4.43. The molecule has 1 N–H and O–H groups in total. The van der Waals surface area contributed by atoms with Crippen molar-refractivity contribution in [1.82, 2.24) is 9.78 Å². The Bertz CT molecular complexity index is 932. The Kier molecular flexibility index (Phi) is 5.43. The highest BCUT2D eigenvalue weighted by molar-refractivity contribution is 6.31. The van der Waals surface area contributed by atoms with Gasteiger partial charge < -0.3 is 5.32 Å². The van der Waals surface area contributed by atoms with Crippen LogP contribution in [0, 0.1) is 20.8 Å². The molecule has 0 unspecified atom stereocenters. The van der Waals surface area contributed by atoms with Crippen LogP contribution in [0.5, 0.6) is 0 Å². The van der Waals surface area contributed by atoms with Crippen LogP contribution in [0.25, 0.3) is 5.69 Å². The fourth-order valence-corrected chi connectivity index (χ4v) is 3.10. The maximum Gasteiger partial charge on any atom is 0.224 e. The summed E-state index contributed by atoms with van der Waals surface area (Å²) in [5.41, 5.74) is 5.57. The number of amides is 1. The lowest BCUT2D eigenvalue weighted by molar-refractivity contribution is -0.116. The van der Waals surface area contributed by atoms with E-state index in [1.54, 1.807) is 0 Å². The van der Waals surface area contributed by atoms with Crippen LogP contribution in [0.1, 0.15) is 28.9 Å². The summed E-state index contributed by atoms with van der Waals surface area (Å²) < 4.78 is 1.85. The molecular weight excluding hydrogens is 346 g/mol. The number of hydrogen-bond acceptors (Lipinski definition) is 2. The molecule has 0 saturated carbocycles. The van der Waals surface area contributed by atoms with Crippen LogP contribution in [-0.4, -0.2) is 15.7 Å². The van der Waals surface area contributed by atoms with Crippen LogP contribution < -0.4 is 5.32 Å². The van der Waals surface area contributed by atoms with E-state index < -0.39 is 0 Å². The first-order valence-corrected chi connectivity index (χ1v) is 9.00. The Morgan fingerprint density at radius 2 is 1.85 bits per heavy atom. The van der Waals surface area contributed by atoms with Crippen LogP contribution in [0.3, 0.4) is 0 Å². The van der Waals surface area contributed by atoms with Crippen LogP contribution in [0.15, 0.2) is 48.5 Å². The molecule has 2 aromatic carbocycles. The zero-order chi connectivity index (χ0) is 18.7. The van der Waals surface area contributed by atoms with Crippen molar-refractivity contribution >= 4 is 23.2 Å². The van der Waals surface area contributed by atoms with E-state index in [2.05, 4.69) is 10.4 Å². The van der Waals surface area contributed by atoms with Gasteiger partial charge in [0.15, 0.2) is 0 Å². The molecule has 1 aromatic heterocycles. The Labute approximate surface area is 158 Å². The van der Waals surface area contributed by atoms with Gasteiger partial charge in [0.25, 0.3) is 0 Å². The van der Waals surface area contributed by atoms with Crippen molar-refractivity contribution in [1.29, 1.82) is 0 Å². The van der Waals surface area contributed by atoms with Crippen molar-refractivity contribution in [2.24, 2.45) is 0 Å². The fourth-order valence-electron chi connectivity index (χ4n) is 2.90.